The summed E-state index contributed by atoms with van der Waals surface area (Å²) >= 11 is 1.38. The van der Waals surface area contributed by atoms with Crippen molar-refractivity contribution < 1.29 is 9.53 Å². The number of aromatic nitrogens is 7. The first kappa shape index (κ1) is 24.2. The first-order chi connectivity index (χ1) is 18.9. The fourth-order valence-corrected chi connectivity index (χ4v) is 6.08. The van der Waals surface area contributed by atoms with E-state index in [0.717, 1.165) is 47.4 Å². The van der Waals surface area contributed by atoms with E-state index in [1.54, 1.807) is 31.7 Å². The largest absolute Gasteiger partial charge is 0.376 e. The summed E-state index contributed by atoms with van der Waals surface area (Å²) in [5, 5.41) is 5.27. The molecule has 1 N–H and O–H groups in total. The van der Waals surface area contributed by atoms with Crippen molar-refractivity contribution in [3.05, 3.63) is 44.9 Å². The van der Waals surface area contributed by atoms with Gasteiger partial charge in [0.25, 0.3) is 5.56 Å². The summed E-state index contributed by atoms with van der Waals surface area (Å²) in [7, 11) is 1.56. The van der Waals surface area contributed by atoms with Crippen LogP contribution in [0.1, 0.15) is 25.8 Å². The number of thiazole rings is 1. The molecule has 13 nitrogen and oxygen atoms in total. The van der Waals surface area contributed by atoms with E-state index in [9.17, 15) is 14.4 Å². The number of nitrogens with zero attached hydrogens (tertiary/aromatic N) is 8. The third kappa shape index (κ3) is 4.14. The Bertz CT molecular complexity index is 1690. The van der Waals surface area contributed by atoms with Crippen LogP contribution in [0, 0.1) is 11.8 Å². The monoisotopic (exact) mass is 549 g/mol. The van der Waals surface area contributed by atoms with Crippen molar-refractivity contribution in [2.24, 2.45) is 18.9 Å². The Labute approximate surface area is 226 Å². The second-order valence-electron chi connectivity index (χ2n) is 10.5. The van der Waals surface area contributed by atoms with Crippen molar-refractivity contribution in [1.29, 1.82) is 0 Å². The summed E-state index contributed by atoms with van der Waals surface area (Å²) in [6.45, 7) is 4.51. The lowest BCUT2D eigenvalue weighted by atomic mass is 10.2. The third-order valence-corrected chi connectivity index (χ3v) is 8.83. The summed E-state index contributed by atoms with van der Waals surface area (Å²) in [6, 6.07) is -0.784. The summed E-state index contributed by atoms with van der Waals surface area (Å²) in [5.74, 6) is 2.38. The van der Waals surface area contributed by atoms with Gasteiger partial charge in [-0.05, 0) is 31.6 Å². The van der Waals surface area contributed by atoms with Gasteiger partial charge in [-0.15, -0.1) is 11.3 Å². The summed E-state index contributed by atoms with van der Waals surface area (Å²) in [6.07, 6.45) is 6.88. The van der Waals surface area contributed by atoms with E-state index < -0.39 is 17.3 Å². The van der Waals surface area contributed by atoms with Gasteiger partial charge in [0.2, 0.25) is 11.9 Å². The SMILES string of the molecule is CC(C(=O)Nc1csc(-c2cnc(N3CC4CC4C3)nc2)n1)n1cnc2c1c(=O)n(CC1CCO1)c(=O)n2C. The van der Waals surface area contributed by atoms with Crippen LogP contribution in [-0.4, -0.2) is 65.3 Å². The molecular weight excluding hydrogens is 522 g/mol. The molecule has 4 unspecified atom stereocenters. The number of rotatable bonds is 7. The van der Waals surface area contributed by atoms with Gasteiger partial charge in [0.05, 0.1) is 19.0 Å². The van der Waals surface area contributed by atoms with Crippen molar-refractivity contribution >= 4 is 40.2 Å². The molecule has 202 valence electrons. The molecule has 6 heterocycles. The van der Waals surface area contributed by atoms with E-state index >= 15 is 0 Å². The van der Waals surface area contributed by atoms with Crippen molar-refractivity contribution in [2.45, 2.75) is 38.5 Å². The molecule has 39 heavy (non-hydrogen) atoms. The Kier molecular flexibility index (Phi) is 5.63. The molecule has 4 atom stereocenters. The molecule has 7 rings (SSSR count). The molecule has 1 saturated carbocycles. The van der Waals surface area contributed by atoms with Gasteiger partial charge in [-0.25, -0.2) is 24.7 Å². The average molecular weight is 550 g/mol. The van der Waals surface area contributed by atoms with Gasteiger partial charge >= 0.3 is 5.69 Å². The maximum atomic E-state index is 13.3. The lowest BCUT2D eigenvalue weighted by Crippen LogP contribution is -2.45. The Morgan fingerprint density at radius 1 is 1.21 bits per heavy atom. The van der Waals surface area contributed by atoms with Crippen LogP contribution in [0.5, 0.6) is 0 Å². The second kappa shape index (κ2) is 9.09. The van der Waals surface area contributed by atoms with Gasteiger partial charge in [0.1, 0.15) is 16.9 Å². The number of piperidine rings is 1. The molecule has 4 aromatic rings. The molecule has 2 saturated heterocycles. The maximum absolute atomic E-state index is 13.3. The van der Waals surface area contributed by atoms with Crippen LogP contribution in [0.15, 0.2) is 33.7 Å². The molecule has 4 aromatic heterocycles. The molecule has 0 bridgehead atoms. The number of carbonyl (C=O) groups is 1. The minimum absolute atomic E-state index is 0.165. The molecule has 0 aromatic carbocycles. The van der Waals surface area contributed by atoms with Gasteiger partial charge in [0.15, 0.2) is 11.2 Å². The number of carbonyl (C=O) groups excluding carboxylic acids is 1. The van der Waals surface area contributed by atoms with Gasteiger partial charge in [-0.3, -0.25) is 18.7 Å². The standard InChI is InChI=1S/C25H27N9O4S/c1-13(34-12-28-20-19(34)23(36)33(25(37)31(20)2)10-17-3-4-38-17)21(35)29-18-11-39-22(30-18)16-6-26-24(27-7-16)32-8-14-5-15(14)9-32/h6-7,11-15,17H,3-5,8-10H2,1-2H3,(H,29,35). The Morgan fingerprint density at radius 3 is 2.64 bits per heavy atom. The van der Waals surface area contributed by atoms with Crippen LogP contribution >= 0.6 is 11.3 Å². The van der Waals surface area contributed by atoms with Crippen LogP contribution in [0.3, 0.4) is 0 Å². The van der Waals surface area contributed by atoms with E-state index in [0.29, 0.717) is 17.4 Å². The quantitative estimate of drug-likeness (QED) is 0.360. The van der Waals surface area contributed by atoms with Gasteiger partial charge in [0, 0.05) is 50.1 Å². The first-order valence-corrected chi connectivity index (χ1v) is 13.9. The molecule has 1 amide bonds. The number of ether oxygens (including phenoxy) is 1. The highest BCUT2D eigenvalue weighted by molar-refractivity contribution is 7.13. The molecule has 14 heteroatoms. The Morgan fingerprint density at radius 2 is 1.95 bits per heavy atom. The van der Waals surface area contributed by atoms with Crippen LogP contribution < -0.4 is 21.5 Å². The van der Waals surface area contributed by atoms with E-state index in [1.165, 1.54) is 33.2 Å². The van der Waals surface area contributed by atoms with E-state index in [2.05, 4.69) is 30.2 Å². The molecule has 3 aliphatic rings. The number of nitrogens with one attached hydrogen (secondary N) is 1. The Hall–Kier alpha value is -3.91. The first-order valence-electron chi connectivity index (χ1n) is 13.0. The minimum Gasteiger partial charge on any atom is -0.376 e. The molecule has 1 aliphatic carbocycles. The Balaban J connectivity index is 1.09. The molecular formula is C25H27N9O4S. The molecule has 0 radical (unpaired) electrons. The molecule has 3 fully saturated rings. The smallest absolute Gasteiger partial charge is 0.332 e. The van der Waals surface area contributed by atoms with Crippen molar-refractivity contribution in [3.63, 3.8) is 0 Å². The van der Waals surface area contributed by atoms with Crippen molar-refractivity contribution in [3.8, 4) is 10.6 Å². The van der Waals surface area contributed by atoms with Crippen LogP contribution in [0.2, 0.25) is 0 Å². The van der Waals surface area contributed by atoms with E-state index in [4.69, 9.17) is 4.74 Å². The number of amides is 1. The average Bonchev–Trinajstić information content (AvgIpc) is 3.29. The number of imidazole rings is 1. The predicted octanol–water partition coefficient (Wildman–Crippen LogP) is 1.25. The number of hydrogen-bond acceptors (Lipinski definition) is 10. The molecule has 2 aliphatic heterocycles. The third-order valence-electron chi connectivity index (χ3n) is 7.94. The fraction of sp³-hybridized carbons (Fsp3) is 0.480. The second-order valence-corrected chi connectivity index (χ2v) is 11.4. The zero-order valence-corrected chi connectivity index (χ0v) is 22.3. The highest BCUT2D eigenvalue weighted by Gasteiger charge is 2.45. The van der Waals surface area contributed by atoms with Gasteiger partial charge in [-0.2, -0.15) is 0 Å². The van der Waals surface area contributed by atoms with Crippen LogP contribution in [0.4, 0.5) is 11.8 Å². The van der Waals surface area contributed by atoms with Gasteiger partial charge in [-0.1, -0.05) is 0 Å². The number of aryl methyl sites for hydroxylation is 1. The number of fused-ring (bicyclic) bond motifs is 2. The highest BCUT2D eigenvalue weighted by atomic mass is 32.1. The minimum atomic E-state index is -0.784. The topological polar surface area (TPSA) is 142 Å². The van der Waals surface area contributed by atoms with Gasteiger partial charge < -0.3 is 19.5 Å². The van der Waals surface area contributed by atoms with Crippen molar-refractivity contribution in [1.82, 2.24) is 33.6 Å². The fourth-order valence-electron chi connectivity index (χ4n) is 5.35. The predicted molar refractivity (Wildman–Crippen MR) is 144 cm³/mol. The zero-order chi connectivity index (χ0) is 26.8. The summed E-state index contributed by atoms with van der Waals surface area (Å²) < 4.78 is 9.39. The van der Waals surface area contributed by atoms with E-state index in [1.807, 2.05) is 0 Å². The van der Waals surface area contributed by atoms with Crippen LogP contribution in [-0.2, 0) is 23.1 Å². The lowest BCUT2D eigenvalue weighted by molar-refractivity contribution is -0.118. The van der Waals surface area contributed by atoms with Crippen LogP contribution in [0.25, 0.3) is 21.7 Å². The normalized spacial score (nSPS) is 22.5. The summed E-state index contributed by atoms with van der Waals surface area (Å²) in [4.78, 5) is 59.4. The zero-order valence-electron chi connectivity index (χ0n) is 21.5. The highest BCUT2D eigenvalue weighted by Crippen LogP contribution is 2.45. The number of anilines is 2. The van der Waals surface area contributed by atoms with E-state index in [-0.39, 0.29) is 29.7 Å². The maximum Gasteiger partial charge on any atom is 0.332 e. The molecule has 0 spiro atoms. The number of hydrogen-bond donors (Lipinski definition) is 1. The lowest BCUT2D eigenvalue weighted by Gasteiger charge is -2.26. The van der Waals surface area contributed by atoms with Crippen molar-refractivity contribution in [2.75, 3.05) is 29.9 Å². The summed E-state index contributed by atoms with van der Waals surface area (Å²) in [5.41, 5.74) is 0.228.